The van der Waals surface area contributed by atoms with Crippen LogP contribution in [0.1, 0.15) is 26.5 Å². The summed E-state index contributed by atoms with van der Waals surface area (Å²) >= 11 is 5.91. The predicted octanol–water partition coefficient (Wildman–Crippen LogP) is 4.75. The Morgan fingerprint density at radius 1 is 0.960 bits per heavy atom. The summed E-state index contributed by atoms with van der Waals surface area (Å²) in [6.07, 6.45) is 1.43. The van der Waals surface area contributed by atoms with Crippen LogP contribution in [0.4, 0.5) is 11.4 Å². The van der Waals surface area contributed by atoms with Crippen molar-refractivity contribution in [3.05, 3.63) is 82.8 Å². The molecule has 0 fully saturated rings. The molecule has 0 aliphatic heterocycles. The molecule has 5 nitrogen and oxygen atoms in total. The highest BCUT2D eigenvalue weighted by molar-refractivity contribution is 6.30. The van der Waals surface area contributed by atoms with Gasteiger partial charge in [0.25, 0.3) is 11.8 Å². The maximum absolute atomic E-state index is 12.3. The summed E-state index contributed by atoms with van der Waals surface area (Å²) in [7, 11) is 0. The summed E-state index contributed by atoms with van der Waals surface area (Å²) in [5.74, 6) is -0.367. The fraction of sp³-hybridized carbons (Fsp3) is 0.0526. The molecule has 25 heavy (non-hydrogen) atoms. The topological polar surface area (TPSA) is 71.3 Å². The average Bonchev–Trinajstić information content (AvgIpc) is 3.13. The number of furan rings is 1. The first kappa shape index (κ1) is 16.8. The first-order valence-electron chi connectivity index (χ1n) is 7.55. The second-order valence-electron chi connectivity index (χ2n) is 5.42. The van der Waals surface area contributed by atoms with Gasteiger partial charge in [0.2, 0.25) is 0 Å². The molecule has 1 heterocycles. The molecule has 0 spiro atoms. The Hall–Kier alpha value is -3.05. The van der Waals surface area contributed by atoms with Gasteiger partial charge >= 0.3 is 0 Å². The number of rotatable bonds is 4. The van der Waals surface area contributed by atoms with Gasteiger partial charge in [-0.1, -0.05) is 11.6 Å². The highest BCUT2D eigenvalue weighted by Gasteiger charge is 2.11. The zero-order valence-corrected chi connectivity index (χ0v) is 14.1. The third-order valence-corrected chi connectivity index (χ3v) is 3.82. The lowest BCUT2D eigenvalue weighted by atomic mass is 10.1. The van der Waals surface area contributed by atoms with Gasteiger partial charge in [-0.25, -0.2) is 0 Å². The van der Waals surface area contributed by atoms with Gasteiger partial charge in [-0.3, -0.25) is 9.59 Å². The van der Waals surface area contributed by atoms with Gasteiger partial charge in [-0.05, 0) is 67.1 Å². The van der Waals surface area contributed by atoms with Gasteiger partial charge in [0.05, 0.1) is 6.26 Å². The number of amides is 2. The van der Waals surface area contributed by atoms with Crippen molar-refractivity contribution in [2.75, 3.05) is 10.6 Å². The molecule has 0 atom stereocenters. The van der Waals surface area contributed by atoms with Crippen LogP contribution in [0.2, 0.25) is 5.02 Å². The minimum atomic E-state index is -0.348. The summed E-state index contributed by atoms with van der Waals surface area (Å²) in [5, 5.41) is 6.15. The maximum Gasteiger partial charge on any atom is 0.291 e. The van der Waals surface area contributed by atoms with E-state index in [4.69, 9.17) is 16.0 Å². The lowest BCUT2D eigenvalue weighted by Gasteiger charge is -2.09. The van der Waals surface area contributed by atoms with Crippen molar-refractivity contribution in [2.24, 2.45) is 0 Å². The van der Waals surface area contributed by atoms with Crippen LogP contribution in [-0.4, -0.2) is 11.8 Å². The van der Waals surface area contributed by atoms with Crippen molar-refractivity contribution in [1.29, 1.82) is 0 Å². The zero-order valence-electron chi connectivity index (χ0n) is 13.4. The Morgan fingerprint density at radius 2 is 1.72 bits per heavy atom. The van der Waals surface area contributed by atoms with Crippen molar-refractivity contribution < 1.29 is 14.0 Å². The molecular formula is C19H15ClN2O3. The summed E-state index contributed by atoms with van der Waals surface area (Å²) in [4.78, 5) is 24.2. The molecule has 6 heteroatoms. The summed E-state index contributed by atoms with van der Waals surface area (Å²) in [6, 6.07) is 15.1. The number of halogens is 1. The largest absolute Gasteiger partial charge is 0.459 e. The molecule has 2 N–H and O–H groups in total. The normalized spacial score (nSPS) is 10.3. The van der Waals surface area contributed by atoms with Crippen LogP contribution < -0.4 is 10.6 Å². The van der Waals surface area contributed by atoms with Crippen LogP contribution >= 0.6 is 11.6 Å². The van der Waals surface area contributed by atoms with Gasteiger partial charge in [-0.2, -0.15) is 0 Å². The van der Waals surface area contributed by atoms with Crippen molar-refractivity contribution >= 4 is 34.8 Å². The lowest BCUT2D eigenvalue weighted by Crippen LogP contribution is -2.14. The molecule has 0 unspecified atom stereocenters. The molecular weight excluding hydrogens is 340 g/mol. The SMILES string of the molecule is Cc1cc(Cl)ccc1NC(=O)c1ccc(NC(=O)c2ccco2)cc1. The minimum absolute atomic E-state index is 0.222. The van der Waals surface area contributed by atoms with Crippen molar-refractivity contribution in [2.45, 2.75) is 6.92 Å². The molecule has 3 rings (SSSR count). The molecule has 1 aromatic heterocycles. The smallest absolute Gasteiger partial charge is 0.291 e. The van der Waals surface area contributed by atoms with Crippen molar-refractivity contribution in [1.82, 2.24) is 0 Å². The Labute approximate surface area is 149 Å². The fourth-order valence-electron chi connectivity index (χ4n) is 2.27. The van der Waals surface area contributed by atoms with E-state index in [9.17, 15) is 9.59 Å². The van der Waals surface area contributed by atoms with Crippen LogP contribution in [-0.2, 0) is 0 Å². The van der Waals surface area contributed by atoms with E-state index >= 15 is 0 Å². The van der Waals surface area contributed by atoms with Gasteiger partial charge < -0.3 is 15.1 Å². The highest BCUT2D eigenvalue weighted by atomic mass is 35.5. The number of hydrogen-bond donors (Lipinski definition) is 2. The number of hydrogen-bond acceptors (Lipinski definition) is 3. The third-order valence-electron chi connectivity index (χ3n) is 3.59. The second kappa shape index (κ2) is 7.23. The molecule has 3 aromatic rings. The zero-order chi connectivity index (χ0) is 17.8. The van der Waals surface area contributed by atoms with E-state index in [0.29, 0.717) is 22.0 Å². The van der Waals surface area contributed by atoms with Crippen LogP contribution in [0.25, 0.3) is 0 Å². The number of carbonyl (C=O) groups excluding carboxylic acids is 2. The minimum Gasteiger partial charge on any atom is -0.459 e. The molecule has 2 amide bonds. The molecule has 0 saturated heterocycles. The molecule has 0 aliphatic rings. The molecule has 0 bridgehead atoms. The predicted molar refractivity (Wildman–Crippen MR) is 97.2 cm³/mol. The van der Waals surface area contributed by atoms with Crippen molar-refractivity contribution in [3.8, 4) is 0 Å². The first-order valence-corrected chi connectivity index (χ1v) is 7.93. The van der Waals surface area contributed by atoms with Crippen LogP contribution in [0.3, 0.4) is 0 Å². The van der Waals surface area contributed by atoms with E-state index in [2.05, 4.69) is 10.6 Å². The molecule has 0 saturated carbocycles. The summed E-state index contributed by atoms with van der Waals surface area (Å²) in [5.41, 5.74) is 2.62. The quantitative estimate of drug-likeness (QED) is 0.710. The van der Waals surface area contributed by atoms with E-state index in [1.165, 1.54) is 6.26 Å². The van der Waals surface area contributed by atoms with Gasteiger partial charge in [0, 0.05) is 22.0 Å². The molecule has 2 aromatic carbocycles. The van der Waals surface area contributed by atoms with Gasteiger partial charge in [0.1, 0.15) is 0 Å². The number of anilines is 2. The Kier molecular flexibility index (Phi) is 4.86. The number of benzene rings is 2. The fourth-order valence-corrected chi connectivity index (χ4v) is 2.49. The van der Waals surface area contributed by atoms with E-state index in [0.717, 1.165) is 5.56 Å². The third kappa shape index (κ3) is 4.08. The van der Waals surface area contributed by atoms with Crippen LogP contribution in [0.15, 0.2) is 65.3 Å². The molecule has 0 aliphatic carbocycles. The second-order valence-corrected chi connectivity index (χ2v) is 5.86. The standard InChI is InChI=1S/C19H15ClN2O3/c1-12-11-14(20)6-9-16(12)22-18(23)13-4-7-15(8-5-13)21-19(24)17-3-2-10-25-17/h2-11H,1H3,(H,21,24)(H,22,23). The molecule has 126 valence electrons. The van der Waals surface area contributed by atoms with Gasteiger partial charge in [0.15, 0.2) is 5.76 Å². The van der Waals surface area contributed by atoms with Crippen LogP contribution in [0, 0.1) is 6.92 Å². The monoisotopic (exact) mass is 354 g/mol. The Bertz CT molecular complexity index is 903. The average molecular weight is 355 g/mol. The van der Waals surface area contributed by atoms with E-state index in [1.54, 1.807) is 54.6 Å². The number of aryl methyl sites for hydroxylation is 1. The Balaban J connectivity index is 1.67. The summed E-state index contributed by atoms with van der Waals surface area (Å²) < 4.78 is 5.03. The van der Waals surface area contributed by atoms with E-state index in [1.807, 2.05) is 6.92 Å². The molecule has 0 radical (unpaired) electrons. The van der Waals surface area contributed by atoms with Crippen molar-refractivity contribution in [3.63, 3.8) is 0 Å². The summed E-state index contributed by atoms with van der Waals surface area (Å²) in [6.45, 7) is 1.87. The van der Waals surface area contributed by atoms with E-state index < -0.39 is 0 Å². The Morgan fingerprint density at radius 3 is 2.36 bits per heavy atom. The first-order chi connectivity index (χ1) is 12.0. The lowest BCUT2D eigenvalue weighted by molar-refractivity contribution is 0.0995. The van der Waals surface area contributed by atoms with Crippen LogP contribution in [0.5, 0.6) is 0 Å². The van der Waals surface area contributed by atoms with Gasteiger partial charge in [-0.15, -0.1) is 0 Å². The number of carbonyl (C=O) groups is 2. The highest BCUT2D eigenvalue weighted by Crippen LogP contribution is 2.20. The van der Waals surface area contributed by atoms with E-state index in [-0.39, 0.29) is 17.6 Å². The number of nitrogens with one attached hydrogen (secondary N) is 2. The maximum atomic E-state index is 12.3.